The number of carboxylic acid groups (broad SMARTS) is 4. The van der Waals surface area contributed by atoms with E-state index in [0.717, 1.165) is 6.42 Å². The van der Waals surface area contributed by atoms with Gasteiger partial charge in [-0.2, -0.15) is 0 Å². The predicted octanol–water partition coefficient (Wildman–Crippen LogP) is 2.74. The van der Waals surface area contributed by atoms with Gasteiger partial charge in [0.1, 0.15) is 12.2 Å². The molecule has 0 spiro atoms. The maximum absolute atomic E-state index is 13.1. The van der Waals surface area contributed by atoms with E-state index < -0.39 is 116 Å². The summed E-state index contributed by atoms with van der Waals surface area (Å²) in [5, 5.41) is 71.0. The minimum atomic E-state index is -1.60. The smallest absolute Gasteiger partial charge is 0.307 e. The number of rotatable bonds is 30. The van der Waals surface area contributed by atoms with Gasteiger partial charge in [-0.3, -0.25) is 33.6 Å². The van der Waals surface area contributed by atoms with Crippen LogP contribution in [0.25, 0.3) is 0 Å². The van der Waals surface area contributed by atoms with Crippen LogP contribution in [0, 0.1) is 23.7 Å². The van der Waals surface area contributed by atoms with Gasteiger partial charge in [0.2, 0.25) is 5.91 Å². The maximum atomic E-state index is 13.1. The van der Waals surface area contributed by atoms with E-state index in [1.165, 1.54) is 6.92 Å². The molecule has 0 aliphatic carbocycles. The molecule has 0 aliphatic heterocycles. The average Bonchev–Trinajstić information content (AvgIpc) is 3.02. The molecule has 0 saturated carbocycles. The van der Waals surface area contributed by atoms with Gasteiger partial charge in [0, 0.05) is 13.3 Å². The normalized spacial score (nSPS) is 17.1. The summed E-state index contributed by atoms with van der Waals surface area (Å²) in [5.41, 5.74) is 0. The topological polar surface area (TPSA) is 292 Å². The zero-order valence-electron chi connectivity index (χ0n) is 31.5. The van der Waals surface area contributed by atoms with Crippen molar-refractivity contribution < 1.29 is 78.8 Å². The third-order valence-corrected chi connectivity index (χ3v) is 9.01. The number of esters is 2. The first kappa shape index (κ1) is 49.2. The largest absolute Gasteiger partial charge is 0.481 e. The zero-order chi connectivity index (χ0) is 40.8. The van der Waals surface area contributed by atoms with E-state index >= 15 is 0 Å². The number of hydrogen-bond acceptors (Lipinski definition) is 12. The highest BCUT2D eigenvalue weighted by Crippen LogP contribution is 2.29. The fourth-order valence-corrected chi connectivity index (χ4v) is 6.09. The van der Waals surface area contributed by atoms with Crippen molar-refractivity contribution in [1.29, 1.82) is 0 Å². The average molecular weight is 764 g/mol. The van der Waals surface area contributed by atoms with Gasteiger partial charge in [0.15, 0.2) is 0 Å². The summed E-state index contributed by atoms with van der Waals surface area (Å²) in [6, 6.07) is -0.534. The standard InChI is InChI=1S/C36H61NO16/c1-6-7-10-21(3)34(53-33(47)18-25(36(50)51)16-31(44)45)29(52-32(46)17-24(35(48)49)15-30(42)43)14-20(2)13-26(39)11-8-9-12-27(40)19-28(41)22(4)37-23(5)38/h20-22,24-29,34,39-41H,6-19H2,1-5H3,(H,37,38)(H,42,43)(H,44,45)(H,48,49)(H,50,51)/t20-,21+,22+,24+,25+,26+,27-,28+,29-,34+/m0/s1. The molecule has 0 rings (SSSR count). The zero-order valence-corrected chi connectivity index (χ0v) is 31.5. The second-order valence-electron chi connectivity index (χ2n) is 14.2. The second kappa shape index (κ2) is 26.0. The number of aliphatic hydroxyl groups excluding tert-OH is 3. The van der Waals surface area contributed by atoms with Crippen molar-refractivity contribution in [2.24, 2.45) is 23.7 Å². The van der Waals surface area contributed by atoms with Crippen molar-refractivity contribution in [3.63, 3.8) is 0 Å². The summed E-state index contributed by atoms with van der Waals surface area (Å²) in [5.74, 6) is -12.4. The van der Waals surface area contributed by atoms with E-state index in [0.29, 0.717) is 38.5 Å². The first-order valence-electron chi connectivity index (χ1n) is 18.3. The third-order valence-electron chi connectivity index (χ3n) is 9.01. The van der Waals surface area contributed by atoms with Crippen molar-refractivity contribution in [3.05, 3.63) is 0 Å². The molecule has 0 aromatic rings. The minimum Gasteiger partial charge on any atom is -0.481 e. The first-order valence-corrected chi connectivity index (χ1v) is 18.3. The molecule has 0 unspecified atom stereocenters. The van der Waals surface area contributed by atoms with Crippen molar-refractivity contribution >= 4 is 41.7 Å². The number of aliphatic carboxylic acids is 4. The molecule has 1 amide bonds. The monoisotopic (exact) mass is 763 g/mol. The Kier molecular flexibility index (Phi) is 24.1. The number of amides is 1. The molecule has 0 bridgehead atoms. The number of aliphatic hydroxyl groups is 3. The summed E-state index contributed by atoms with van der Waals surface area (Å²) < 4.78 is 11.4. The number of carbonyl (C=O) groups is 7. The van der Waals surface area contributed by atoms with Crippen molar-refractivity contribution in [2.45, 2.75) is 161 Å². The molecular formula is C36H61NO16. The lowest BCUT2D eigenvalue weighted by molar-refractivity contribution is -0.177. The number of carboxylic acids is 4. The van der Waals surface area contributed by atoms with Crippen LogP contribution in [0.1, 0.15) is 125 Å². The van der Waals surface area contributed by atoms with Gasteiger partial charge in [-0.15, -0.1) is 0 Å². The number of hydrogen-bond donors (Lipinski definition) is 8. The molecule has 0 aromatic heterocycles. The molecule has 306 valence electrons. The highest BCUT2D eigenvalue weighted by Gasteiger charge is 2.37. The third kappa shape index (κ3) is 22.8. The van der Waals surface area contributed by atoms with Crippen molar-refractivity contribution in [3.8, 4) is 0 Å². The molecule has 0 aromatic carbocycles. The summed E-state index contributed by atoms with van der Waals surface area (Å²) in [7, 11) is 0. The molecule has 17 nitrogen and oxygen atoms in total. The minimum absolute atomic E-state index is 0.00838. The van der Waals surface area contributed by atoms with E-state index in [2.05, 4.69) is 5.32 Å². The van der Waals surface area contributed by atoms with Crippen LogP contribution in [-0.2, 0) is 43.0 Å². The van der Waals surface area contributed by atoms with Crippen LogP contribution < -0.4 is 5.32 Å². The first-order chi connectivity index (χ1) is 24.7. The number of ether oxygens (including phenoxy) is 2. The number of unbranched alkanes of at least 4 members (excludes halogenated alkanes) is 2. The van der Waals surface area contributed by atoms with Crippen LogP contribution in [0.2, 0.25) is 0 Å². The Labute approximate surface area is 310 Å². The highest BCUT2D eigenvalue weighted by molar-refractivity contribution is 5.84. The van der Waals surface area contributed by atoms with E-state index in [1.807, 2.05) is 6.92 Å². The van der Waals surface area contributed by atoms with Gasteiger partial charge in [0.25, 0.3) is 0 Å². The van der Waals surface area contributed by atoms with E-state index in [9.17, 15) is 59.1 Å². The Morgan fingerprint density at radius 2 is 1.09 bits per heavy atom. The lowest BCUT2D eigenvalue weighted by Gasteiger charge is -2.33. The van der Waals surface area contributed by atoms with Crippen LogP contribution in [0.4, 0.5) is 0 Å². The SMILES string of the molecule is CCCC[C@@H](C)[C@@H](OC(=O)C[C@@H](CC(=O)O)C(=O)O)[C@H](C[C@@H](C)C[C@H](O)CCCC[C@H](O)C[C@@H](O)[C@@H](C)NC(C)=O)OC(=O)C[C@@H](CC(=O)O)C(=O)O. The van der Waals surface area contributed by atoms with Crippen molar-refractivity contribution in [2.75, 3.05) is 0 Å². The molecule has 0 saturated heterocycles. The molecule has 53 heavy (non-hydrogen) atoms. The van der Waals surface area contributed by atoms with Crippen LogP contribution in [0.5, 0.6) is 0 Å². The van der Waals surface area contributed by atoms with Gasteiger partial charge in [-0.25, -0.2) is 0 Å². The summed E-state index contributed by atoms with van der Waals surface area (Å²) in [4.78, 5) is 83.0. The molecule has 0 heterocycles. The van der Waals surface area contributed by atoms with E-state index in [1.54, 1.807) is 20.8 Å². The van der Waals surface area contributed by atoms with Gasteiger partial charge in [-0.1, -0.05) is 46.5 Å². The van der Waals surface area contributed by atoms with Gasteiger partial charge >= 0.3 is 35.8 Å². The molecule has 8 N–H and O–H groups in total. The van der Waals surface area contributed by atoms with E-state index in [-0.39, 0.29) is 31.1 Å². The van der Waals surface area contributed by atoms with Crippen LogP contribution in [0.15, 0.2) is 0 Å². The quantitative estimate of drug-likeness (QED) is 0.0385. The Morgan fingerprint density at radius 3 is 1.53 bits per heavy atom. The molecule has 0 aliphatic rings. The number of nitrogens with one attached hydrogen (secondary N) is 1. The highest BCUT2D eigenvalue weighted by atomic mass is 16.6. The Bertz CT molecular complexity index is 1180. The summed E-state index contributed by atoms with van der Waals surface area (Å²) in [6.45, 7) is 8.35. The van der Waals surface area contributed by atoms with Crippen LogP contribution in [-0.4, -0.2) is 114 Å². The molecular weight excluding hydrogens is 702 g/mol. The van der Waals surface area contributed by atoms with Crippen molar-refractivity contribution in [1.82, 2.24) is 5.32 Å². The fraction of sp³-hybridized carbons (Fsp3) is 0.806. The van der Waals surface area contributed by atoms with Crippen LogP contribution in [0.3, 0.4) is 0 Å². The maximum Gasteiger partial charge on any atom is 0.307 e. The molecule has 17 heteroatoms. The second-order valence-corrected chi connectivity index (χ2v) is 14.2. The van der Waals surface area contributed by atoms with Crippen LogP contribution >= 0.6 is 0 Å². The van der Waals surface area contributed by atoms with Gasteiger partial charge in [0.05, 0.1) is 61.9 Å². The summed E-state index contributed by atoms with van der Waals surface area (Å²) >= 11 is 0. The molecule has 10 atom stereocenters. The Morgan fingerprint density at radius 1 is 0.623 bits per heavy atom. The number of carbonyl (C=O) groups excluding carboxylic acids is 3. The lowest BCUT2D eigenvalue weighted by Crippen LogP contribution is -2.42. The van der Waals surface area contributed by atoms with E-state index in [4.69, 9.17) is 19.7 Å². The van der Waals surface area contributed by atoms with Gasteiger partial charge in [-0.05, 0) is 50.9 Å². The molecule has 0 fully saturated rings. The lowest BCUT2D eigenvalue weighted by atomic mass is 9.87. The van der Waals surface area contributed by atoms with Gasteiger partial charge < -0.3 is 50.5 Å². The summed E-state index contributed by atoms with van der Waals surface area (Å²) in [6.07, 6.45) is -4.36. The predicted molar refractivity (Wildman–Crippen MR) is 187 cm³/mol. The Hall–Kier alpha value is -3.83. The fourth-order valence-electron chi connectivity index (χ4n) is 6.09. The molecule has 0 radical (unpaired) electrons. The Balaban J connectivity index is 5.90.